The van der Waals surface area contributed by atoms with Crippen LogP contribution in [0.25, 0.3) is 0 Å². The maximum atomic E-state index is 9.93. The van der Waals surface area contributed by atoms with Crippen LogP contribution in [0.3, 0.4) is 0 Å². The number of aliphatic carboxylic acids is 3. The van der Waals surface area contributed by atoms with Gasteiger partial charge in [-0.05, 0) is 56.3 Å². The van der Waals surface area contributed by atoms with E-state index < -0.39 is 17.9 Å². The Labute approximate surface area is 201 Å². The van der Waals surface area contributed by atoms with Crippen molar-refractivity contribution >= 4 is 17.9 Å². The molecule has 0 spiro atoms. The summed E-state index contributed by atoms with van der Waals surface area (Å²) in [6.07, 6.45) is 9.31. The Kier molecular flexibility index (Phi) is 32.4. The molecule has 0 aliphatic rings. The standard InChI is InChI=1S/3C8H16O2.Cr/c3*1-7(2)5-3-4-6-8(9)10;/h3*7H,3-6H2,1-2H3,(H,9,10);/q;;;+3/p-3. The first-order valence-corrected chi connectivity index (χ1v) is 11.5. The Morgan fingerprint density at radius 3 is 0.806 bits per heavy atom. The van der Waals surface area contributed by atoms with Crippen LogP contribution in [0.2, 0.25) is 0 Å². The smallest absolute Gasteiger partial charge is 0.550 e. The molecule has 0 aromatic rings. The van der Waals surface area contributed by atoms with Gasteiger partial charge in [0.25, 0.3) is 0 Å². The maximum Gasteiger partial charge on any atom is 3.00 e. The third-order valence-electron chi connectivity index (χ3n) is 4.24. The van der Waals surface area contributed by atoms with Gasteiger partial charge >= 0.3 is 17.4 Å². The van der Waals surface area contributed by atoms with Crippen LogP contribution in [0.15, 0.2) is 0 Å². The molecule has 0 atom stereocenters. The monoisotopic (exact) mass is 481 g/mol. The van der Waals surface area contributed by atoms with Gasteiger partial charge in [-0.15, -0.1) is 0 Å². The fraction of sp³-hybridized carbons (Fsp3) is 0.875. The van der Waals surface area contributed by atoms with E-state index in [1.54, 1.807) is 0 Å². The molecule has 0 fully saturated rings. The molecule has 0 rings (SSSR count). The van der Waals surface area contributed by atoms with Crippen molar-refractivity contribution < 1.29 is 47.1 Å². The van der Waals surface area contributed by atoms with E-state index >= 15 is 0 Å². The summed E-state index contributed by atoms with van der Waals surface area (Å²) in [6.45, 7) is 12.8. The molecule has 7 heteroatoms. The molecule has 0 bridgehead atoms. The number of carboxylic acid groups (broad SMARTS) is 3. The first-order valence-electron chi connectivity index (χ1n) is 11.5. The molecule has 0 saturated heterocycles. The second-order valence-electron chi connectivity index (χ2n) is 9.03. The molecule has 0 aliphatic heterocycles. The number of carbonyl (C=O) groups excluding carboxylic acids is 3. The quantitative estimate of drug-likeness (QED) is 0.332. The van der Waals surface area contributed by atoms with Gasteiger partial charge in [0.1, 0.15) is 0 Å². The van der Waals surface area contributed by atoms with Crippen molar-refractivity contribution in [3.8, 4) is 0 Å². The van der Waals surface area contributed by atoms with Crippen LogP contribution in [-0.4, -0.2) is 17.9 Å². The molecule has 1 radical (unpaired) electrons. The maximum absolute atomic E-state index is 9.93. The van der Waals surface area contributed by atoms with Gasteiger partial charge in [-0.3, -0.25) is 0 Å². The van der Waals surface area contributed by atoms with E-state index in [0.717, 1.165) is 57.8 Å². The first-order chi connectivity index (χ1) is 13.9. The van der Waals surface area contributed by atoms with Crippen molar-refractivity contribution in [1.29, 1.82) is 0 Å². The molecule has 6 nitrogen and oxygen atoms in total. The van der Waals surface area contributed by atoms with Crippen molar-refractivity contribution in [2.75, 3.05) is 0 Å². The van der Waals surface area contributed by atoms with Crippen LogP contribution in [0.4, 0.5) is 0 Å². The van der Waals surface area contributed by atoms with Gasteiger partial charge in [0, 0.05) is 17.9 Å². The van der Waals surface area contributed by atoms with Gasteiger partial charge in [0.2, 0.25) is 0 Å². The van der Waals surface area contributed by atoms with E-state index in [9.17, 15) is 29.7 Å². The summed E-state index contributed by atoms with van der Waals surface area (Å²) in [4.78, 5) is 29.8. The number of carbonyl (C=O) groups is 3. The van der Waals surface area contributed by atoms with Gasteiger partial charge in [0.15, 0.2) is 0 Å². The number of carboxylic acids is 3. The Bertz CT molecular complexity index is 360. The fourth-order valence-corrected chi connectivity index (χ4v) is 2.47. The van der Waals surface area contributed by atoms with Crippen molar-refractivity contribution in [2.24, 2.45) is 17.8 Å². The topological polar surface area (TPSA) is 120 Å². The van der Waals surface area contributed by atoms with Crippen molar-refractivity contribution in [3.05, 3.63) is 0 Å². The number of unbranched alkanes of at least 4 members (excludes halogenated alkanes) is 3. The summed E-state index contributed by atoms with van der Waals surface area (Å²) in [5.41, 5.74) is 0. The predicted molar refractivity (Wildman–Crippen MR) is 115 cm³/mol. The Morgan fingerprint density at radius 1 is 0.484 bits per heavy atom. The largest absolute Gasteiger partial charge is 3.00 e. The molecular weight excluding hydrogens is 436 g/mol. The molecule has 0 aromatic carbocycles. The van der Waals surface area contributed by atoms with Crippen LogP contribution in [-0.2, 0) is 31.7 Å². The zero-order valence-corrected chi connectivity index (χ0v) is 21.9. The minimum atomic E-state index is -0.927. The van der Waals surface area contributed by atoms with E-state index in [4.69, 9.17) is 0 Å². The number of hydrogen-bond acceptors (Lipinski definition) is 6. The predicted octanol–water partition coefficient (Wildman–Crippen LogP) is 2.86. The van der Waals surface area contributed by atoms with Gasteiger partial charge < -0.3 is 29.7 Å². The zero-order valence-electron chi connectivity index (χ0n) is 20.6. The van der Waals surface area contributed by atoms with Crippen LogP contribution in [0, 0.1) is 17.8 Å². The average molecular weight is 482 g/mol. The van der Waals surface area contributed by atoms with Crippen molar-refractivity contribution in [1.82, 2.24) is 0 Å². The van der Waals surface area contributed by atoms with Crippen LogP contribution >= 0.6 is 0 Å². The van der Waals surface area contributed by atoms with E-state index in [0.29, 0.717) is 17.8 Å². The van der Waals surface area contributed by atoms with E-state index in [-0.39, 0.29) is 36.6 Å². The molecule has 0 heterocycles. The molecular formula is C24H45CrO6. The first kappa shape index (κ1) is 37.3. The molecule has 0 unspecified atom stereocenters. The zero-order chi connectivity index (χ0) is 23.9. The molecule has 31 heavy (non-hydrogen) atoms. The van der Waals surface area contributed by atoms with E-state index in [2.05, 4.69) is 41.5 Å². The van der Waals surface area contributed by atoms with Crippen molar-refractivity contribution in [2.45, 2.75) is 119 Å². The summed E-state index contributed by atoms with van der Waals surface area (Å²) in [5, 5.41) is 29.8. The Hall–Kier alpha value is -1.06. The van der Waals surface area contributed by atoms with Gasteiger partial charge in [-0.1, -0.05) is 80.1 Å². The third-order valence-corrected chi connectivity index (χ3v) is 4.24. The minimum absolute atomic E-state index is 0. The minimum Gasteiger partial charge on any atom is -0.550 e. The second-order valence-corrected chi connectivity index (χ2v) is 9.03. The van der Waals surface area contributed by atoms with E-state index in [1.807, 2.05) is 0 Å². The number of hydrogen-bond donors (Lipinski definition) is 0. The third kappa shape index (κ3) is 52.8. The number of rotatable bonds is 15. The summed E-state index contributed by atoms with van der Waals surface area (Å²) < 4.78 is 0. The molecule has 0 N–H and O–H groups in total. The summed E-state index contributed by atoms with van der Waals surface area (Å²) in [5.74, 6) is -0.735. The van der Waals surface area contributed by atoms with Crippen LogP contribution < -0.4 is 15.3 Å². The Balaban J connectivity index is -0.000000174. The average Bonchev–Trinajstić information content (AvgIpc) is 2.60. The molecule has 0 aliphatic carbocycles. The normalized spacial score (nSPS) is 9.97. The van der Waals surface area contributed by atoms with Crippen molar-refractivity contribution in [3.63, 3.8) is 0 Å². The Morgan fingerprint density at radius 2 is 0.677 bits per heavy atom. The van der Waals surface area contributed by atoms with Gasteiger partial charge in [0.05, 0.1) is 0 Å². The van der Waals surface area contributed by atoms with Crippen LogP contribution in [0.5, 0.6) is 0 Å². The molecule has 0 amide bonds. The molecule has 0 saturated carbocycles. The van der Waals surface area contributed by atoms with Crippen LogP contribution in [0.1, 0.15) is 119 Å². The summed E-state index contributed by atoms with van der Waals surface area (Å²) in [6, 6.07) is 0. The molecule has 183 valence electrons. The summed E-state index contributed by atoms with van der Waals surface area (Å²) in [7, 11) is 0. The fourth-order valence-electron chi connectivity index (χ4n) is 2.47. The molecule has 0 aromatic heterocycles. The van der Waals surface area contributed by atoms with Gasteiger partial charge in [-0.2, -0.15) is 0 Å². The van der Waals surface area contributed by atoms with Gasteiger partial charge in [-0.25, -0.2) is 0 Å². The summed E-state index contributed by atoms with van der Waals surface area (Å²) >= 11 is 0. The SMILES string of the molecule is CC(C)CCCCC(=O)[O-].CC(C)CCCCC(=O)[O-].CC(C)CCCCC(=O)[O-].[Cr+3]. The van der Waals surface area contributed by atoms with E-state index in [1.165, 1.54) is 0 Å². The second kappa shape index (κ2) is 27.0.